The van der Waals surface area contributed by atoms with Gasteiger partial charge in [0.15, 0.2) is 0 Å². The highest BCUT2D eigenvalue weighted by atomic mass is 16.5. The Kier molecular flexibility index (Phi) is 4.47. The van der Waals surface area contributed by atoms with Gasteiger partial charge < -0.3 is 15.8 Å². The summed E-state index contributed by atoms with van der Waals surface area (Å²) < 4.78 is 4.79. The van der Waals surface area contributed by atoms with Crippen molar-refractivity contribution >= 4 is 17.5 Å². The lowest BCUT2D eigenvalue weighted by Crippen LogP contribution is -2.35. The number of carbonyl (C=O) groups is 1. The maximum atomic E-state index is 11.8. The van der Waals surface area contributed by atoms with Crippen LogP contribution in [0.5, 0.6) is 0 Å². The van der Waals surface area contributed by atoms with Gasteiger partial charge >= 0.3 is 5.97 Å². The number of aromatic nitrogens is 1. The van der Waals surface area contributed by atoms with Crippen LogP contribution in [0.2, 0.25) is 0 Å². The predicted octanol–water partition coefficient (Wildman–Crippen LogP) is 2.69. The van der Waals surface area contributed by atoms with Gasteiger partial charge in [-0.05, 0) is 24.3 Å². The first kappa shape index (κ1) is 14.6. The van der Waals surface area contributed by atoms with E-state index in [4.69, 9.17) is 10.5 Å². The first-order valence-corrected chi connectivity index (χ1v) is 7.13. The van der Waals surface area contributed by atoms with E-state index in [1.807, 2.05) is 0 Å². The van der Waals surface area contributed by atoms with E-state index in [1.54, 1.807) is 12.3 Å². The molecule has 0 aliphatic heterocycles. The molecule has 1 fully saturated rings. The van der Waals surface area contributed by atoms with Crippen LogP contribution in [-0.2, 0) is 4.74 Å². The fourth-order valence-electron chi connectivity index (χ4n) is 2.82. The van der Waals surface area contributed by atoms with Crippen molar-refractivity contribution in [2.45, 2.75) is 39.2 Å². The molecule has 3 unspecified atom stereocenters. The Hall–Kier alpha value is -1.78. The highest BCUT2D eigenvalue weighted by Gasteiger charge is 2.28. The van der Waals surface area contributed by atoms with Crippen molar-refractivity contribution in [1.82, 2.24) is 4.98 Å². The first-order valence-electron chi connectivity index (χ1n) is 7.13. The Morgan fingerprint density at radius 2 is 2.20 bits per heavy atom. The molecule has 5 nitrogen and oxygen atoms in total. The maximum absolute atomic E-state index is 11.8. The molecule has 2 rings (SSSR count). The second-order valence-electron chi connectivity index (χ2n) is 5.67. The highest BCUT2D eigenvalue weighted by Crippen LogP contribution is 2.32. The van der Waals surface area contributed by atoms with Crippen LogP contribution in [0.3, 0.4) is 0 Å². The Labute approximate surface area is 119 Å². The number of methoxy groups -OCH3 is 1. The number of anilines is 2. The van der Waals surface area contributed by atoms with Crippen LogP contribution in [0.25, 0.3) is 0 Å². The van der Waals surface area contributed by atoms with Crippen LogP contribution < -0.4 is 11.1 Å². The lowest BCUT2D eigenvalue weighted by molar-refractivity contribution is 0.0601. The summed E-state index contributed by atoms with van der Waals surface area (Å²) >= 11 is 0. The van der Waals surface area contributed by atoms with Crippen molar-refractivity contribution in [3.05, 3.63) is 17.8 Å². The van der Waals surface area contributed by atoms with E-state index in [-0.39, 0.29) is 0 Å². The van der Waals surface area contributed by atoms with E-state index in [9.17, 15) is 4.79 Å². The molecule has 3 N–H and O–H groups in total. The zero-order valence-electron chi connectivity index (χ0n) is 12.3. The van der Waals surface area contributed by atoms with Crippen LogP contribution in [0.1, 0.15) is 43.5 Å². The van der Waals surface area contributed by atoms with Gasteiger partial charge in [-0.15, -0.1) is 0 Å². The van der Waals surface area contributed by atoms with E-state index < -0.39 is 5.97 Å². The molecule has 1 aliphatic rings. The van der Waals surface area contributed by atoms with Crippen molar-refractivity contribution in [1.29, 1.82) is 0 Å². The molecule has 0 radical (unpaired) electrons. The smallest absolute Gasteiger partial charge is 0.341 e. The fourth-order valence-corrected chi connectivity index (χ4v) is 2.82. The van der Waals surface area contributed by atoms with Crippen LogP contribution in [-0.4, -0.2) is 24.1 Å². The number of nitrogens with one attached hydrogen (secondary N) is 1. The molecule has 1 heterocycles. The third kappa shape index (κ3) is 3.03. The van der Waals surface area contributed by atoms with Crippen molar-refractivity contribution in [3.8, 4) is 0 Å². The molecular weight excluding hydrogens is 254 g/mol. The summed E-state index contributed by atoms with van der Waals surface area (Å²) in [6.45, 7) is 4.52. The predicted molar refractivity (Wildman–Crippen MR) is 79.6 cm³/mol. The van der Waals surface area contributed by atoms with Crippen LogP contribution >= 0.6 is 0 Å². The number of hydrogen-bond acceptors (Lipinski definition) is 5. The lowest BCUT2D eigenvalue weighted by atomic mass is 9.78. The number of nitrogens with zero attached hydrogens (tertiary/aromatic N) is 1. The molecule has 1 aromatic rings. The molecule has 0 bridgehead atoms. The molecule has 0 saturated heterocycles. The Balaban J connectivity index is 2.22. The van der Waals surface area contributed by atoms with Gasteiger partial charge in [-0.25, -0.2) is 9.78 Å². The average molecular weight is 277 g/mol. The Morgan fingerprint density at radius 1 is 1.45 bits per heavy atom. The van der Waals surface area contributed by atoms with Crippen LogP contribution in [0, 0.1) is 11.8 Å². The number of hydrogen-bond donors (Lipinski definition) is 2. The summed E-state index contributed by atoms with van der Waals surface area (Å²) in [5.41, 5.74) is 6.56. The standard InChI is InChI=1S/C15H23N3O2/c1-9-5-4-6-13(10(9)2)18-14-12(15(19)20-3)7-11(16)8-17-14/h7-10,13H,4-6,16H2,1-3H3,(H,17,18). The number of nitrogen functional groups attached to an aromatic ring is 1. The van der Waals surface area contributed by atoms with E-state index in [0.29, 0.717) is 34.9 Å². The van der Waals surface area contributed by atoms with Crippen molar-refractivity contribution in [2.24, 2.45) is 11.8 Å². The SMILES string of the molecule is COC(=O)c1cc(N)cnc1NC1CCCC(C)C1C. The zero-order valence-corrected chi connectivity index (χ0v) is 12.3. The summed E-state index contributed by atoms with van der Waals surface area (Å²) in [7, 11) is 1.36. The molecule has 0 amide bonds. The normalized spacial score (nSPS) is 26.1. The number of esters is 1. The Bertz CT molecular complexity index is 490. The monoisotopic (exact) mass is 277 g/mol. The summed E-state index contributed by atoms with van der Waals surface area (Å²) in [5.74, 6) is 1.38. The van der Waals surface area contributed by atoms with Crippen LogP contribution in [0.15, 0.2) is 12.3 Å². The van der Waals surface area contributed by atoms with E-state index >= 15 is 0 Å². The van der Waals surface area contributed by atoms with Gasteiger partial charge in [0.2, 0.25) is 0 Å². The fraction of sp³-hybridized carbons (Fsp3) is 0.600. The van der Waals surface area contributed by atoms with Crippen molar-refractivity contribution < 1.29 is 9.53 Å². The molecule has 5 heteroatoms. The van der Waals surface area contributed by atoms with Gasteiger partial charge in [-0.2, -0.15) is 0 Å². The summed E-state index contributed by atoms with van der Waals surface area (Å²) in [6, 6.07) is 1.94. The minimum absolute atomic E-state index is 0.332. The number of nitrogens with two attached hydrogens (primary N) is 1. The third-order valence-electron chi connectivity index (χ3n) is 4.34. The van der Waals surface area contributed by atoms with Crippen molar-refractivity contribution in [3.63, 3.8) is 0 Å². The molecular formula is C15H23N3O2. The molecule has 20 heavy (non-hydrogen) atoms. The van der Waals surface area contributed by atoms with Gasteiger partial charge in [0.05, 0.1) is 19.0 Å². The van der Waals surface area contributed by atoms with Gasteiger partial charge in [0.25, 0.3) is 0 Å². The second-order valence-corrected chi connectivity index (χ2v) is 5.67. The minimum atomic E-state index is -0.413. The maximum Gasteiger partial charge on any atom is 0.341 e. The van der Waals surface area contributed by atoms with Crippen molar-refractivity contribution in [2.75, 3.05) is 18.2 Å². The minimum Gasteiger partial charge on any atom is -0.465 e. The van der Waals surface area contributed by atoms with E-state index in [2.05, 4.69) is 24.1 Å². The van der Waals surface area contributed by atoms with Gasteiger partial charge in [-0.1, -0.05) is 26.7 Å². The van der Waals surface area contributed by atoms with Gasteiger partial charge in [-0.3, -0.25) is 0 Å². The van der Waals surface area contributed by atoms with Crippen LogP contribution in [0.4, 0.5) is 11.5 Å². The molecule has 110 valence electrons. The quantitative estimate of drug-likeness (QED) is 0.831. The van der Waals surface area contributed by atoms with E-state index in [0.717, 1.165) is 6.42 Å². The molecule has 0 aromatic carbocycles. The summed E-state index contributed by atoms with van der Waals surface area (Å²) in [6.07, 6.45) is 5.12. The zero-order chi connectivity index (χ0) is 14.7. The summed E-state index contributed by atoms with van der Waals surface area (Å²) in [4.78, 5) is 16.1. The lowest BCUT2D eigenvalue weighted by Gasteiger charge is -2.35. The van der Waals surface area contributed by atoms with Gasteiger partial charge in [0.1, 0.15) is 11.4 Å². The molecule has 1 saturated carbocycles. The number of rotatable bonds is 3. The topological polar surface area (TPSA) is 77.2 Å². The third-order valence-corrected chi connectivity index (χ3v) is 4.34. The highest BCUT2D eigenvalue weighted by molar-refractivity contribution is 5.95. The largest absolute Gasteiger partial charge is 0.465 e. The number of carbonyl (C=O) groups excluding carboxylic acids is 1. The first-order chi connectivity index (χ1) is 9.52. The molecule has 0 spiro atoms. The molecule has 3 atom stereocenters. The number of pyridine rings is 1. The summed E-state index contributed by atoms with van der Waals surface area (Å²) in [5, 5.41) is 3.40. The van der Waals surface area contributed by atoms with Gasteiger partial charge in [0, 0.05) is 6.04 Å². The average Bonchev–Trinajstić information content (AvgIpc) is 2.44. The number of ether oxygens (including phenoxy) is 1. The van der Waals surface area contributed by atoms with E-state index in [1.165, 1.54) is 20.0 Å². The second kappa shape index (κ2) is 6.11. The Morgan fingerprint density at radius 3 is 2.90 bits per heavy atom. The molecule has 1 aromatic heterocycles. The molecule has 1 aliphatic carbocycles.